The lowest BCUT2D eigenvalue weighted by molar-refractivity contribution is 0.105. The quantitative estimate of drug-likeness (QED) is 0.850. The molecule has 0 amide bonds. The smallest absolute Gasteiger partial charge is 0.137 e. The number of anilines is 1. The SMILES string of the molecule is COc1ccc(NC2(C)CCOC2C)nc1. The molecule has 1 saturated heterocycles. The zero-order valence-electron chi connectivity index (χ0n) is 9.99. The Morgan fingerprint density at radius 2 is 2.38 bits per heavy atom. The summed E-state index contributed by atoms with van der Waals surface area (Å²) in [6, 6.07) is 3.83. The molecular formula is C12H18N2O2. The number of ether oxygens (including phenoxy) is 2. The Labute approximate surface area is 96.0 Å². The Bertz CT molecular complexity index is 353. The summed E-state index contributed by atoms with van der Waals surface area (Å²) < 4.78 is 10.6. The summed E-state index contributed by atoms with van der Waals surface area (Å²) in [7, 11) is 1.64. The lowest BCUT2D eigenvalue weighted by Gasteiger charge is -2.29. The lowest BCUT2D eigenvalue weighted by atomic mass is 9.95. The zero-order valence-corrected chi connectivity index (χ0v) is 9.99. The molecule has 4 nitrogen and oxygen atoms in total. The topological polar surface area (TPSA) is 43.4 Å². The molecule has 0 bridgehead atoms. The van der Waals surface area contributed by atoms with Crippen LogP contribution in [0.3, 0.4) is 0 Å². The van der Waals surface area contributed by atoms with E-state index < -0.39 is 0 Å². The summed E-state index contributed by atoms with van der Waals surface area (Å²) in [6.07, 6.45) is 2.92. The summed E-state index contributed by atoms with van der Waals surface area (Å²) in [5.41, 5.74) is -0.0262. The van der Waals surface area contributed by atoms with Crippen LogP contribution >= 0.6 is 0 Å². The first-order valence-electron chi connectivity index (χ1n) is 5.54. The standard InChI is InChI=1S/C12H18N2O2/c1-9-12(2,6-7-16-9)14-11-5-4-10(15-3)8-13-11/h4-5,8-9H,6-7H2,1-3H3,(H,13,14). The number of aromatic nitrogens is 1. The van der Waals surface area contributed by atoms with Gasteiger partial charge in [-0.25, -0.2) is 4.98 Å². The van der Waals surface area contributed by atoms with E-state index in [1.807, 2.05) is 12.1 Å². The van der Waals surface area contributed by atoms with E-state index >= 15 is 0 Å². The van der Waals surface area contributed by atoms with Crippen LogP contribution in [-0.2, 0) is 4.74 Å². The van der Waals surface area contributed by atoms with Crippen molar-refractivity contribution in [2.45, 2.75) is 31.9 Å². The van der Waals surface area contributed by atoms with Crippen molar-refractivity contribution in [2.75, 3.05) is 19.0 Å². The molecule has 0 aliphatic carbocycles. The Balaban J connectivity index is 2.08. The molecule has 16 heavy (non-hydrogen) atoms. The molecule has 1 N–H and O–H groups in total. The highest BCUT2D eigenvalue weighted by Gasteiger charge is 2.37. The summed E-state index contributed by atoms with van der Waals surface area (Å²) >= 11 is 0. The van der Waals surface area contributed by atoms with Crippen LogP contribution in [0.15, 0.2) is 18.3 Å². The predicted octanol–water partition coefficient (Wildman–Crippen LogP) is 2.07. The summed E-state index contributed by atoms with van der Waals surface area (Å²) in [5.74, 6) is 1.63. The molecule has 2 rings (SSSR count). The van der Waals surface area contributed by atoms with Gasteiger partial charge in [-0.3, -0.25) is 0 Å². The van der Waals surface area contributed by atoms with Gasteiger partial charge in [-0.1, -0.05) is 0 Å². The molecule has 2 unspecified atom stereocenters. The minimum atomic E-state index is -0.0262. The first-order valence-corrected chi connectivity index (χ1v) is 5.54. The number of pyridine rings is 1. The molecule has 0 saturated carbocycles. The van der Waals surface area contributed by atoms with Crippen molar-refractivity contribution in [1.82, 2.24) is 4.98 Å². The van der Waals surface area contributed by atoms with Gasteiger partial charge in [0.2, 0.25) is 0 Å². The predicted molar refractivity (Wildman–Crippen MR) is 62.8 cm³/mol. The minimum Gasteiger partial charge on any atom is -0.495 e. The van der Waals surface area contributed by atoms with Gasteiger partial charge in [-0.05, 0) is 32.4 Å². The Morgan fingerprint density at radius 3 is 2.88 bits per heavy atom. The second-order valence-electron chi connectivity index (χ2n) is 4.39. The number of nitrogens with one attached hydrogen (secondary N) is 1. The fraction of sp³-hybridized carbons (Fsp3) is 0.583. The van der Waals surface area contributed by atoms with Crippen LogP contribution in [0.25, 0.3) is 0 Å². The van der Waals surface area contributed by atoms with E-state index in [0.717, 1.165) is 24.6 Å². The molecule has 1 aromatic heterocycles. The maximum Gasteiger partial charge on any atom is 0.137 e. The van der Waals surface area contributed by atoms with Gasteiger partial charge >= 0.3 is 0 Å². The maximum absolute atomic E-state index is 5.57. The molecular weight excluding hydrogens is 204 g/mol. The monoisotopic (exact) mass is 222 g/mol. The third kappa shape index (κ3) is 2.11. The summed E-state index contributed by atoms with van der Waals surface area (Å²) in [5, 5.41) is 3.43. The van der Waals surface area contributed by atoms with Crippen LogP contribution in [0.4, 0.5) is 5.82 Å². The van der Waals surface area contributed by atoms with Crippen molar-refractivity contribution < 1.29 is 9.47 Å². The van der Waals surface area contributed by atoms with Crippen LogP contribution in [0.5, 0.6) is 5.75 Å². The second-order valence-corrected chi connectivity index (χ2v) is 4.39. The third-order valence-corrected chi connectivity index (χ3v) is 3.27. The van der Waals surface area contributed by atoms with Gasteiger partial charge in [0.25, 0.3) is 0 Å². The number of methoxy groups -OCH3 is 1. The molecule has 4 heteroatoms. The normalized spacial score (nSPS) is 29.1. The second kappa shape index (κ2) is 4.29. The fourth-order valence-electron chi connectivity index (χ4n) is 1.87. The maximum atomic E-state index is 5.57. The molecule has 2 atom stereocenters. The third-order valence-electron chi connectivity index (χ3n) is 3.27. The average molecular weight is 222 g/mol. The molecule has 88 valence electrons. The van der Waals surface area contributed by atoms with E-state index in [2.05, 4.69) is 24.1 Å². The molecule has 1 aliphatic rings. The van der Waals surface area contributed by atoms with E-state index in [0.29, 0.717) is 0 Å². The van der Waals surface area contributed by atoms with Crippen molar-refractivity contribution >= 4 is 5.82 Å². The van der Waals surface area contributed by atoms with Crippen LogP contribution in [0, 0.1) is 0 Å². The fourth-order valence-corrected chi connectivity index (χ4v) is 1.87. The van der Waals surface area contributed by atoms with Crippen LogP contribution < -0.4 is 10.1 Å². The lowest BCUT2D eigenvalue weighted by Crippen LogP contribution is -2.41. The van der Waals surface area contributed by atoms with Crippen LogP contribution in [0.2, 0.25) is 0 Å². The van der Waals surface area contributed by atoms with Crippen molar-refractivity contribution in [3.63, 3.8) is 0 Å². The van der Waals surface area contributed by atoms with Gasteiger partial charge in [0.05, 0.1) is 24.9 Å². The largest absolute Gasteiger partial charge is 0.495 e. The van der Waals surface area contributed by atoms with Crippen molar-refractivity contribution in [3.8, 4) is 5.75 Å². The zero-order chi connectivity index (χ0) is 11.6. The van der Waals surface area contributed by atoms with Gasteiger partial charge in [0, 0.05) is 6.61 Å². The van der Waals surface area contributed by atoms with Crippen molar-refractivity contribution in [2.24, 2.45) is 0 Å². The van der Waals surface area contributed by atoms with Crippen molar-refractivity contribution in [3.05, 3.63) is 18.3 Å². The first kappa shape index (κ1) is 11.2. The highest BCUT2D eigenvalue weighted by atomic mass is 16.5. The molecule has 0 spiro atoms. The van der Waals surface area contributed by atoms with Gasteiger partial charge < -0.3 is 14.8 Å². The minimum absolute atomic E-state index is 0.0262. The highest BCUT2D eigenvalue weighted by Crippen LogP contribution is 2.29. The molecule has 1 aromatic rings. The molecule has 1 fully saturated rings. The Kier molecular flexibility index (Phi) is 3.01. The van der Waals surface area contributed by atoms with Crippen LogP contribution in [-0.4, -0.2) is 30.3 Å². The number of hydrogen-bond acceptors (Lipinski definition) is 4. The van der Waals surface area contributed by atoms with E-state index in [9.17, 15) is 0 Å². The van der Waals surface area contributed by atoms with E-state index in [4.69, 9.17) is 9.47 Å². The van der Waals surface area contributed by atoms with E-state index in [1.54, 1.807) is 13.3 Å². The molecule has 1 aliphatic heterocycles. The summed E-state index contributed by atoms with van der Waals surface area (Å²) in [6.45, 7) is 5.06. The van der Waals surface area contributed by atoms with Gasteiger partial charge in [0.15, 0.2) is 0 Å². The van der Waals surface area contributed by atoms with Gasteiger partial charge in [-0.2, -0.15) is 0 Å². The number of hydrogen-bond donors (Lipinski definition) is 1. The number of nitrogens with zero attached hydrogens (tertiary/aromatic N) is 1. The summed E-state index contributed by atoms with van der Waals surface area (Å²) in [4.78, 5) is 4.30. The Morgan fingerprint density at radius 1 is 1.56 bits per heavy atom. The first-order chi connectivity index (χ1) is 7.64. The van der Waals surface area contributed by atoms with E-state index in [-0.39, 0.29) is 11.6 Å². The Hall–Kier alpha value is -1.29. The van der Waals surface area contributed by atoms with E-state index in [1.165, 1.54) is 0 Å². The van der Waals surface area contributed by atoms with Crippen LogP contribution in [0.1, 0.15) is 20.3 Å². The number of rotatable bonds is 3. The van der Waals surface area contributed by atoms with Crippen molar-refractivity contribution in [1.29, 1.82) is 0 Å². The molecule has 0 radical (unpaired) electrons. The molecule has 0 aromatic carbocycles. The average Bonchev–Trinajstić information content (AvgIpc) is 2.60. The van der Waals surface area contributed by atoms with Gasteiger partial charge in [0.1, 0.15) is 11.6 Å². The molecule has 2 heterocycles. The highest BCUT2D eigenvalue weighted by molar-refractivity contribution is 5.40. The van der Waals surface area contributed by atoms with Gasteiger partial charge in [-0.15, -0.1) is 0 Å².